The highest BCUT2D eigenvalue weighted by atomic mass is 16.5. The van der Waals surface area contributed by atoms with Crippen molar-refractivity contribution in [2.24, 2.45) is 11.7 Å². The second-order valence-corrected chi connectivity index (χ2v) is 7.66. The van der Waals surface area contributed by atoms with Crippen LogP contribution in [0.4, 0.5) is 5.82 Å². The van der Waals surface area contributed by atoms with Crippen LogP contribution in [0.5, 0.6) is 5.75 Å². The third kappa shape index (κ3) is 5.16. The Morgan fingerprint density at radius 3 is 2.84 bits per heavy atom. The third-order valence-corrected chi connectivity index (χ3v) is 5.22. The number of carbonyl (C=O) groups is 1. The van der Waals surface area contributed by atoms with E-state index >= 15 is 0 Å². The minimum absolute atomic E-state index is 0.0321. The predicted octanol–water partition coefficient (Wildman–Crippen LogP) is 2.33. The van der Waals surface area contributed by atoms with E-state index in [1.54, 1.807) is 12.4 Å². The van der Waals surface area contributed by atoms with Crippen molar-refractivity contribution >= 4 is 17.3 Å². The van der Waals surface area contributed by atoms with Crippen LogP contribution < -0.4 is 20.7 Å². The Hall–Kier alpha value is -4.04. The number of nitrogens with zero attached hydrogens (tertiary/aromatic N) is 4. The lowest BCUT2D eigenvalue weighted by molar-refractivity contribution is -0.116. The van der Waals surface area contributed by atoms with Crippen LogP contribution in [0.15, 0.2) is 36.8 Å². The third-order valence-electron chi connectivity index (χ3n) is 5.22. The lowest BCUT2D eigenvalue weighted by Gasteiger charge is -2.37. The number of rotatable bonds is 6. The number of aromatic nitrogens is 2. The standard InChI is InChI=1S/C24H26N6O2/c1-4-23(31)29-19-8-16(3)14-30(15-19)22-7-6-17(12-27-22)21-9-20(32-5-2)13-28-24(21)18(10-25)11-26/h1,6-7,9-10,12-13,16,19H,5,8,14-15,25H2,2-3H3,(H,29,31). The van der Waals surface area contributed by atoms with E-state index in [4.69, 9.17) is 16.9 Å². The molecule has 1 amide bonds. The predicted molar refractivity (Wildman–Crippen MR) is 123 cm³/mol. The SMILES string of the molecule is C#CC(=O)NC1CC(C)CN(c2ccc(-c3cc(OCC)cnc3C(C#N)=CN)cn2)C1. The highest BCUT2D eigenvalue weighted by molar-refractivity contribution is 5.93. The van der Waals surface area contributed by atoms with Gasteiger partial charge in [0.25, 0.3) is 5.91 Å². The zero-order valence-electron chi connectivity index (χ0n) is 18.2. The van der Waals surface area contributed by atoms with E-state index in [1.165, 1.54) is 6.20 Å². The van der Waals surface area contributed by atoms with Crippen molar-refractivity contribution in [2.75, 3.05) is 24.6 Å². The lowest BCUT2D eigenvalue weighted by Crippen LogP contribution is -2.50. The van der Waals surface area contributed by atoms with E-state index in [-0.39, 0.29) is 11.6 Å². The van der Waals surface area contributed by atoms with Gasteiger partial charge >= 0.3 is 0 Å². The highest BCUT2D eigenvalue weighted by Crippen LogP contribution is 2.31. The Kier molecular flexibility index (Phi) is 7.30. The molecule has 3 rings (SSSR count). The van der Waals surface area contributed by atoms with Gasteiger partial charge in [-0.1, -0.05) is 6.92 Å². The second-order valence-electron chi connectivity index (χ2n) is 7.66. The second kappa shape index (κ2) is 10.3. The van der Waals surface area contributed by atoms with E-state index in [0.717, 1.165) is 24.3 Å². The maximum absolute atomic E-state index is 11.6. The molecular formula is C24H26N6O2. The summed E-state index contributed by atoms with van der Waals surface area (Å²) in [6.07, 6.45) is 10.6. The fraction of sp³-hybridized carbons (Fsp3) is 0.333. The monoisotopic (exact) mass is 430 g/mol. The van der Waals surface area contributed by atoms with Crippen LogP contribution in [0.2, 0.25) is 0 Å². The number of ether oxygens (including phenoxy) is 1. The number of nitrogens with one attached hydrogen (secondary N) is 1. The fourth-order valence-corrected chi connectivity index (χ4v) is 3.90. The molecule has 1 aliphatic rings. The number of pyridine rings is 2. The molecule has 8 heteroatoms. The normalized spacial score (nSPS) is 18.4. The average Bonchev–Trinajstić information content (AvgIpc) is 2.80. The Labute approximate surface area is 188 Å². The summed E-state index contributed by atoms with van der Waals surface area (Å²) in [4.78, 5) is 22.8. The number of hydrogen-bond donors (Lipinski definition) is 2. The van der Waals surface area contributed by atoms with Crippen molar-refractivity contribution in [1.29, 1.82) is 5.26 Å². The molecule has 2 aromatic heterocycles. The van der Waals surface area contributed by atoms with Gasteiger partial charge in [-0.2, -0.15) is 5.26 Å². The first-order valence-corrected chi connectivity index (χ1v) is 10.4. The van der Waals surface area contributed by atoms with Gasteiger partial charge in [0.2, 0.25) is 0 Å². The summed E-state index contributed by atoms with van der Waals surface area (Å²) in [7, 11) is 0. The Bertz CT molecular complexity index is 1080. The van der Waals surface area contributed by atoms with E-state index in [0.29, 0.717) is 36.1 Å². The van der Waals surface area contributed by atoms with Crippen LogP contribution in [0.25, 0.3) is 16.7 Å². The molecule has 2 unspecified atom stereocenters. The topological polar surface area (TPSA) is 117 Å². The summed E-state index contributed by atoms with van der Waals surface area (Å²) in [5.41, 5.74) is 7.86. The zero-order valence-corrected chi connectivity index (χ0v) is 18.2. The van der Waals surface area contributed by atoms with Crippen molar-refractivity contribution in [2.45, 2.75) is 26.3 Å². The summed E-state index contributed by atoms with van der Waals surface area (Å²) in [6.45, 7) is 5.99. The molecule has 0 saturated carbocycles. The Morgan fingerprint density at radius 1 is 1.41 bits per heavy atom. The Morgan fingerprint density at radius 2 is 2.22 bits per heavy atom. The minimum atomic E-state index is -0.400. The van der Waals surface area contributed by atoms with Crippen molar-refractivity contribution in [3.63, 3.8) is 0 Å². The summed E-state index contributed by atoms with van der Waals surface area (Å²) in [6, 6.07) is 7.73. The van der Waals surface area contributed by atoms with E-state index in [2.05, 4.69) is 39.1 Å². The van der Waals surface area contributed by atoms with Gasteiger partial charge in [0.15, 0.2) is 0 Å². The minimum Gasteiger partial charge on any atom is -0.492 e. The molecule has 32 heavy (non-hydrogen) atoms. The van der Waals surface area contributed by atoms with Crippen molar-refractivity contribution < 1.29 is 9.53 Å². The molecule has 2 aromatic rings. The first-order valence-electron chi connectivity index (χ1n) is 10.4. The molecule has 1 aliphatic heterocycles. The van der Waals surface area contributed by atoms with E-state index in [9.17, 15) is 10.1 Å². The number of terminal acetylenes is 1. The largest absolute Gasteiger partial charge is 0.492 e. The molecule has 8 nitrogen and oxygen atoms in total. The molecule has 0 aliphatic carbocycles. The smallest absolute Gasteiger partial charge is 0.295 e. The van der Waals surface area contributed by atoms with Gasteiger partial charge in [0, 0.05) is 42.7 Å². The van der Waals surface area contributed by atoms with Gasteiger partial charge in [-0.25, -0.2) is 4.98 Å². The molecule has 1 fully saturated rings. The summed E-state index contributed by atoms with van der Waals surface area (Å²) in [5, 5.41) is 12.3. The fourth-order valence-electron chi connectivity index (χ4n) is 3.90. The molecule has 0 bridgehead atoms. The van der Waals surface area contributed by atoms with E-state index < -0.39 is 5.91 Å². The first-order chi connectivity index (χ1) is 15.5. The van der Waals surface area contributed by atoms with Gasteiger partial charge in [0.05, 0.1) is 24.1 Å². The molecule has 2 atom stereocenters. The molecule has 0 radical (unpaired) electrons. The number of amides is 1. The molecule has 164 valence electrons. The van der Waals surface area contributed by atoms with Gasteiger partial charge in [-0.15, -0.1) is 6.42 Å². The van der Waals surface area contributed by atoms with Gasteiger partial charge in [-0.3, -0.25) is 9.78 Å². The van der Waals surface area contributed by atoms with Crippen LogP contribution in [-0.2, 0) is 4.79 Å². The molecule has 1 saturated heterocycles. The lowest BCUT2D eigenvalue weighted by atomic mass is 9.95. The maximum atomic E-state index is 11.6. The number of carbonyl (C=O) groups excluding carboxylic acids is 1. The van der Waals surface area contributed by atoms with Crippen LogP contribution in [0.3, 0.4) is 0 Å². The zero-order chi connectivity index (χ0) is 23.1. The van der Waals surface area contributed by atoms with Crippen LogP contribution in [-0.4, -0.2) is 41.6 Å². The highest BCUT2D eigenvalue weighted by Gasteiger charge is 2.26. The number of hydrogen-bond acceptors (Lipinski definition) is 7. The number of nitriles is 1. The number of anilines is 1. The summed E-state index contributed by atoms with van der Waals surface area (Å²) >= 11 is 0. The summed E-state index contributed by atoms with van der Waals surface area (Å²) in [5.74, 6) is 3.48. The van der Waals surface area contributed by atoms with E-state index in [1.807, 2.05) is 25.1 Å². The number of nitrogens with two attached hydrogens (primary N) is 1. The van der Waals surface area contributed by atoms with Crippen molar-refractivity contribution in [1.82, 2.24) is 15.3 Å². The molecule has 3 N–H and O–H groups in total. The number of allylic oxidation sites excluding steroid dienone is 1. The molecule has 0 spiro atoms. The Balaban J connectivity index is 1.90. The quantitative estimate of drug-likeness (QED) is 0.533. The van der Waals surface area contributed by atoms with Crippen molar-refractivity contribution in [3.05, 3.63) is 42.5 Å². The molecule has 3 heterocycles. The van der Waals surface area contributed by atoms with Gasteiger partial charge < -0.3 is 20.7 Å². The summed E-state index contributed by atoms with van der Waals surface area (Å²) < 4.78 is 5.58. The maximum Gasteiger partial charge on any atom is 0.295 e. The molecule has 0 aromatic carbocycles. The van der Waals surface area contributed by atoms with Crippen molar-refractivity contribution in [3.8, 4) is 35.3 Å². The number of piperidine rings is 1. The van der Waals surface area contributed by atoms with Crippen LogP contribution in [0, 0.1) is 29.6 Å². The van der Waals surface area contributed by atoms with Gasteiger partial charge in [-0.05, 0) is 43.4 Å². The molecular weight excluding hydrogens is 404 g/mol. The van der Waals surface area contributed by atoms with Crippen LogP contribution >= 0.6 is 0 Å². The average molecular weight is 431 g/mol. The van der Waals surface area contributed by atoms with Crippen LogP contribution in [0.1, 0.15) is 26.0 Å². The first kappa shape index (κ1) is 22.6. The van der Waals surface area contributed by atoms with Gasteiger partial charge in [0.1, 0.15) is 17.6 Å².